The van der Waals surface area contributed by atoms with Crippen molar-refractivity contribution in [2.75, 3.05) is 4.90 Å². The zero-order valence-electron chi connectivity index (χ0n) is 16.1. The van der Waals surface area contributed by atoms with E-state index in [0.717, 1.165) is 41.1 Å². The Morgan fingerprint density at radius 1 is 0.931 bits per heavy atom. The number of rotatable bonds is 2. The molecule has 2 fully saturated rings. The van der Waals surface area contributed by atoms with Crippen LogP contribution in [-0.2, 0) is 0 Å². The van der Waals surface area contributed by atoms with Gasteiger partial charge in [0.25, 0.3) is 0 Å². The predicted molar refractivity (Wildman–Crippen MR) is 113 cm³/mol. The van der Waals surface area contributed by atoms with Gasteiger partial charge in [0.1, 0.15) is 0 Å². The van der Waals surface area contributed by atoms with E-state index >= 15 is 0 Å². The van der Waals surface area contributed by atoms with Gasteiger partial charge in [-0.3, -0.25) is 4.98 Å². The molecule has 3 aliphatic rings. The van der Waals surface area contributed by atoms with Crippen molar-refractivity contribution in [3.05, 3.63) is 60.9 Å². The van der Waals surface area contributed by atoms with Gasteiger partial charge in [0.15, 0.2) is 17.2 Å². The zero-order valence-corrected chi connectivity index (χ0v) is 16.1. The molecule has 5 nitrogen and oxygen atoms in total. The molecule has 6 rings (SSSR count). The maximum Gasteiger partial charge on any atom is 0.192 e. The van der Waals surface area contributed by atoms with Crippen molar-refractivity contribution in [1.29, 1.82) is 0 Å². The average molecular weight is 385 g/mol. The maximum atomic E-state index is 10.5. The number of aromatic hydroxyl groups is 1. The van der Waals surface area contributed by atoms with Gasteiger partial charge in [0.05, 0.1) is 11.4 Å². The fourth-order valence-electron chi connectivity index (χ4n) is 5.20. The van der Waals surface area contributed by atoms with E-state index in [4.69, 9.17) is 4.74 Å². The molecular formula is C24H23N3O2. The summed E-state index contributed by atoms with van der Waals surface area (Å²) in [6, 6.07) is 17.6. The summed E-state index contributed by atoms with van der Waals surface area (Å²) in [5.74, 6) is 1.53. The Labute approximate surface area is 170 Å². The largest absolute Gasteiger partial charge is 0.504 e. The molecule has 3 aliphatic heterocycles. The molecule has 4 heterocycles. The topological polar surface area (TPSA) is 57.6 Å². The molecule has 0 radical (unpaired) electrons. The van der Waals surface area contributed by atoms with Crippen molar-refractivity contribution in [3.63, 3.8) is 0 Å². The van der Waals surface area contributed by atoms with E-state index in [0.29, 0.717) is 23.9 Å². The average Bonchev–Trinajstić information content (AvgIpc) is 3.10. The summed E-state index contributed by atoms with van der Waals surface area (Å²) in [6.45, 7) is 0. The number of benzene rings is 2. The molecule has 1 aromatic heterocycles. The molecule has 29 heavy (non-hydrogen) atoms. The minimum absolute atomic E-state index is 0.185. The number of piperidine rings is 1. The van der Waals surface area contributed by atoms with Crippen molar-refractivity contribution in [2.24, 2.45) is 0 Å². The standard InChI is InChI=1S/C24H23N3O2/c28-22-3-1-2-21-24(22)29-23-12-16(15-8-10-25-11-9-15)4-7-20(23)27(21)19-13-17-5-6-18(14-19)26-17/h1-4,7-12,17-19,26,28H,5-6,13-14H2/t17-,18+,19+. The van der Waals surface area contributed by atoms with Crippen LogP contribution in [0.2, 0.25) is 0 Å². The summed E-state index contributed by atoms with van der Waals surface area (Å²) < 4.78 is 6.24. The van der Waals surface area contributed by atoms with Crippen molar-refractivity contribution >= 4 is 11.4 Å². The zero-order chi connectivity index (χ0) is 19.4. The van der Waals surface area contributed by atoms with E-state index in [1.807, 2.05) is 18.2 Å². The monoisotopic (exact) mass is 385 g/mol. The highest BCUT2D eigenvalue weighted by molar-refractivity contribution is 5.83. The van der Waals surface area contributed by atoms with Gasteiger partial charge in [0, 0.05) is 30.5 Å². The van der Waals surface area contributed by atoms with E-state index in [9.17, 15) is 5.11 Å². The summed E-state index contributed by atoms with van der Waals surface area (Å²) in [5, 5.41) is 14.3. The van der Waals surface area contributed by atoms with Crippen LogP contribution in [0.4, 0.5) is 11.4 Å². The highest BCUT2D eigenvalue weighted by Gasteiger charge is 2.39. The molecule has 0 amide bonds. The minimum atomic E-state index is 0.185. The number of phenols is 1. The van der Waals surface area contributed by atoms with Crippen molar-refractivity contribution in [1.82, 2.24) is 10.3 Å². The number of hydrogen-bond acceptors (Lipinski definition) is 5. The van der Waals surface area contributed by atoms with E-state index in [1.54, 1.807) is 18.5 Å². The van der Waals surface area contributed by atoms with Crippen LogP contribution < -0.4 is 15.0 Å². The Morgan fingerprint density at radius 3 is 2.52 bits per heavy atom. The quantitative estimate of drug-likeness (QED) is 0.651. The molecule has 2 saturated heterocycles. The number of ether oxygens (including phenoxy) is 1. The first-order valence-corrected chi connectivity index (χ1v) is 10.4. The van der Waals surface area contributed by atoms with E-state index in [2.05, 4.69) is 39.5 Å². The number of hydrogen-bond donors (Lipinski definition) is 2. The molecule has 0 aliphatic carbocycles. The fourth-order valence-corrected chi connectivity index (χ4v) is 5.20. The fraction of sp³-hybridized carbons (Fsp3) is 0.292. The Hall–Kier alpha value is -3.05. The van der Waals surface area contributed by atoms with Crippen LogP contribution in [0.5, 0.6) is 17.2 Å². The number of fused-ring (bicyclic) bond motifs is 4. The van der Waals surface area contributed by atoms with Crippen molar-refractivity contribution < 1.29 is 9.84 Å². The number of nitrogens with zero attached hydrogens (tertiary/aromatic N) is 2. The second kappa shape index (κ2) is 6.49. The first-order chi connectivity index (χ1) is 14.3. The number of aromatic nitrogens is 1. The third kappa shape index (κ3) is 2.76. The first kappa shape index (κ1) is 16.9. The molecule has 5 heteroatoms. The smallest absolute Gasteiger partial charge is 0.192 e. The number of pyridine rings is 1. The van der Waals surface area contributed by atoms with Gasteiger partial charge in [0.2, 0.25) is 0 Å². The third-order valence-electron chi connectivity index (χ3n) is 6.49. The summed E-state index contributed by atoms with van der Waals surface area (Å²) in [4.78, 5) is 6.51. The lowest BCUT2D eigenvalue weighted by atomic mass is 9.95. The van der Waals surface area contributed by atoms with Crippen LogP contribution in [0.15, 0.2) is 60.9 Å². The Bertz CT molecular complexity index is 1060. The SMILES string of the molecule is Oc1cccc2c1Oc1cc(-c3ccncc3)ccc1N2[C@H]1C[C@H]2CC[C@@H](C1)N2. The van der Waals surface area contributed by atoms with Gasteiger partial charge in [-0.25, -0.2) is 0 Å². The maximum absolute atomic E-state index is 10.5. The van der Waals surface area contributed by atoms with E-state index in [1.165, 1.54) is 12.8 Å². The number of nitrogens with one attached hydrogen (secondary N) is 1. The van der Waals surface area contributed by atoms with E-state index < -0.39 is 0 Å². The first-order valence-electron chi connectivity index (χ1n) is 10.4. The molecule has 2 aromatic carbocycles. The molecule has 0 spiro atoms. The Morgan fingerprint density at radius 2 is 1.72 bits per heavy atom. The molecule has 3 aromatic rings. The van der Waals surface area contributed by atoms with Gasteiger partial charge in [-0.2, -0.15) is 0 Å². The van der Waals surface area contributed by atoms with Crippen LogP contribution in [-0.4, -0.2) is 28.2 Å². The number of para-hydroxylation sites is 1. The van der Waals surface area contributed by atoms with Crippen LogP contribution in [0.3, 0.4) is 0 Å². The Kier molecular flexibility index (Phi) is 3.78. The lowest BCUT2D eigenvalue weighted by molar-refractivity contribution is 0.350. The van der Waals surface area contributed by atoms with Crippen LogP contribution >= 0.6 is 0 Å². The normalized spacial score (nSPS) is 24.6. The lowest BCUT2D eigenvalue weighted by Gasteiger charge is -2.42. The summed E-state index contributed by atoms with van der Waals surface area (Å²) in [6.07, 6.45) is 8.33. The van der Waals surface area contributed by atoms with Crippen molar-refractivity contribution in [2.45, 2.75) is 43.8 Å². The summed E-state index contributed by atoms with van der Waals surface area (Å²) in [5.41, 5.74) is 4.21. The van der Waals surface area contributed by atoms with Crippen LogP contribution in [0.1, 0.15) is 25.7 Å². The molecule has 0 saturated carbocycles. The second-order valence-corrected chi connectivity index (χ2v) is 8.28. The molecule has 3 atom stereocenters. The summed E-state index contributed by atoms with van der Waals surface area (Å²) >= 11 is 0. The minimum Gasteiger partial charge on any atom is -0.504 e. The Balaban J connectivity index is 1.47. The van der Waals surface area contributed by atoms with Crippen LogP contribution in [0.25, 0.3) is 11.1 Å². The summed E-state index contributed by atoms with van der Waals surface area (Å²) in [7, 11) is 0. The molecule has 2 N–H and O–H groups in total. The highest BCUT2D eigenvalue weighted by Crippen LogP contribution is 2.53. The van der Waals surface area contributed by atoms with Crippen molar-refractivity contribution in [3.8, 4) is 28.4 Å². The molecule has 0 unspecified atom stereocenters. The molecular weight excluding hydrogens is 362 g/mol. The van der Waals surface area contributed by atoms with Gasteiger partial charge in [-0.05, 0) is 73.2 Å². The second-order valence-electron chi connectivity index (χ2n) is 8.28. The predicted octanol–water partition coefficient (Wildman–Crippen LogP) is 4.98. The van der Waals surface area contributed by atoms with Gasteiger partial charge < -0.3 is 20.1 Å². The van der Waals surface area contributed by atoms with E-state index in [-0.39, 0.29) is 5.75 Å². The van der Waals surface area contributed by atoms with Crippen LogP contribution in [0, 0.1) is 0 Å². The molecule has 146 valence electrons. The lowest BCUT2D eigenvalue weighted by Crippen LogP contribution is -2.47. The van der Waals surface area contributed by atoms with Gasteiger partial charge in [-0.1, -0.05) is 12.1 Å². The highest BCUT2D eigenvalue weighted by atomic mass is 16.5. The number of anilines is 2. The van der Waals surface area contributed by atoms with Gasteiger partial charge in [-0.15, -0.1) is 0 Å². The molecule has 2 bridgehead atoms. The number of phenolic OH excluding ortho intramolecular Hbond substituents is 1. The van der Waals surface area contributed by atoms with Gasteiger partial charge >= 0.3 is 0 Å². The third-order valence-corrected chi connectivity index (χ3v) is 6.49.